The summed E-state index contributed by atoms with van der Waals surface area (Å²) in [5.41, 5.74) is -0.593. The molecule has 0 aliphatic carbocycles. The summed E-state index contributed by atoms with van der Waals surface area (Å²) >= 11 is 0. The number of nitrogens with one attached hydrogen (secondary N) is 1. The van der Waals surface area contributed by atoms with Crippen molar-refractivity contribution in [3.63, 3.8) is 0 Å². The molecule has 1 N–H and O–H groups in total. The minimum absolute atomic E-state index is 0.205. The van der Waals surface area contributed by atoms with E-state index in [0.29, 0.717) is 12.5 Å². The molecular formula is C13H27NO3. The first kappa shape index (κ1) is 16.4. The molecule has 1 unspecified atom stereocenters. The van der Waals surface area contributed by atoms with Crippen molar-refractivity contribution in [2.24, 2.45) is 5.92 Å². The number of esters is 1. The maximum atomic E-state index is 11.7. The molecule has 102 valence electrons. The van der Waals surface area contributed by atoms with Crippen LogP contribution in [0.1, 0.15) is 40.5 Å². The summed E-state index contributed by atoms with van der Waals surface area (Å²) in [4.78, 5) is 11.7. The molecule has 0 aliphatic rings. The fraction of sp³-hybridized carbons (Fsp3) is 0.923. The summed E-state index contributed by atoms with van der Waals surface area (Å²) in [6, 6.07) is 0. The second-order valence-corrected chi connectivity index (χ2v) is 4.93. The number of rotatable bonds is 9. The lowest BCUT2D eigenvalue weighted by Crippen LogP contribution is -2.50. The van der Waals surface area contributed by atoms with Gasteiger partial charge in [-0.15, -0.1) is 0 Å². The Labute approximate surface area is 105 Å². The van der Waals surface area contributed by atoms with Gasteiger partial charge in [-0.05, 0) is 32.2 Å². The van der Waals surface area contributed by atoms with E-state index in [1.54, 1.807) is 0 Å². The van der Waals surface area contributed by atoms with Crippen LogP contribution in [0.5, 0.6) is 0 Å². The summed E-state index contributed by atoms with van der Waals surface area (Å²) in [6.45, 7) is 10.3. The van der Waals surface area contributed by atoms with E-state index < -0.39 is 5.54 Å². The molecule has 0 fully saturated rings. The van der Waals surface area contributed by atoms with Gasteiger partial charge in [0, 0.05) is 13.2 Å². The smallest absolute Gasteiger partial charge is 0.325 e. The third-order valence-corrected chi connectivity index (χ3v) is 2.62. The van der Waals surface area contributed by atoms with Crippen LogP contribution in [0.15, 0.2) is 0 Å². The molecule has 0 radical (unpaired) electrons. The lowest BCUT2D eigenvalue weighted by molar-refractivity contribution is -0.148. The molecule has 4 heteroatoms. The predicted octanol–water partition coefficient (Wildman–Crippen LogP) is 1.98. The maximum absolute atomic E-state index is 11.7. The second kappa shape index (κ2) is 8.48. The van der Waals surface area contributed by atoms with Crippen molar-refractivity contribution < 1.29 is 14.3 Å². The molecule has 17 heavy (non-hydrogen) atoms. The van der Waals surface area contributed by atoms with E-state index >= 15 is 0 Å². The highest BCUT2D eigenvalue weighted by molar-refractivity contribution is 5.80. The van der Waals surface area contributed by atoms with E-state index in [0.717, 1.165) is 26.0 Å². The number of hydrogen-bond acceptors (Lipinski definition) is 4. The van der Waals surface area contributed by atoms with Crippen LogP contribution in [0, 0.1) is 5.92 Å². The largest absolute Gasteiger partial charge is 0.468 e. The number of methoxy groups -OCH3 is 1. The van der Waals surface area contributed by atoms with Gasteiger partial charge in [0.05, 0.1) is 7.11 Å². The Morgan fingerprint density at radius 2 is 2.06 bits per heavy atom. The van der Waals surface area contributed by atoms with E-state index in [2.05, 4.69) is 19.2 Å². The van der Waals surface area contributed by atoms with Crippen LogP contribution < -0.4 is 5.32 Å². The molecule has 0 amide bonds. The number of likely N-dealkylation sites (N-methyl/N-ethyl adjacent to an activating group) is 1. The SMILES string of the molecule is CCNC(C)(CCCOCC(C)C)C(=O)OC. The quantitative estimate of drug-likeness (QED) is 0.498. The molecule has 0 aliphatic heterocycles. The van der Waals surface area contributed by atoms with E-state index in [1.807, 2.05) is 13.8 Å². The van der Waals surface area contributed by atoms with Gasteiger partial charge in [-0.3, -0.25) is 4.79 Å². The summed E-state index contributed by atoms with van der Waals surface area (Å²) < 4.78 is 10.3. The van der Waals surface area contributed by atoms with Gasteiger partial charge >= 0.3 is 5.97 Å². The van der Waals surface area contributed by atoms with Gasteiger partial charge in [0.1, 0.15) is 5.54 Å². The number of carbonyl (C=O) groups is 1. The summed E-state index contributed by atoms with van der Waals surface area (Å²) in [7, 11) is 1.42. The summed E-state index contributed by atoms with van der Waals surface area (Å²) in [6.07, 6.45) is 1.58. The van der Waals surface area contributed by atoms with Gasteiger partial charge in [0.15, 0.2) is 0 Å². The monoisotopic (exact) mass is 245 g/mol. The van der Waals surface area contributed by atoms with E-state index in [-0.39, 0.29) is 5.97 Å². The average Bonchev–Trinajstić information content (AvgIpc) is 2.27. The molecule has 0 aromatic carbocycles. The molecule has 0 aromatic heterocycles. The standard InChI is InChI=1S/C13H27NO3/c1-6-14-13(4,12(15)16-5)8-7-9-17-10-11(2)3/h11,14H,6-10H2,1-5H3. The summed E-state index contributed by atoms with van der Waals surface area (Å²) in [5.74, 6) is 0.346. The van der Waals surface area contributed by atoms with Crippen molar-refractivity contribution in [2.45, 2.75) is 46.1 Å². The molecule has 1 atom stereocenters. The Morgan fingerprint density at radius 1 is 1.41 bits per heavy atom. The molecule has 0 bridgehead atoms. The highest BCUT2D eigenvalue weighted by Gasteiger charge is 2.32. The van der Waals surface area contributed by atoms with Crippen molar-refractivity contribution in [1.29, 1.82) is 0 Å². The fourth-order valence-corrected chi connectivity index (χ4v) is 1.72. The second-order valence-electron chi connectivity index (χ2n) is 4.93. The van der Waals surface area contributed by atoms with Crippen LogP contribution in [-0.2, 0) is 14.3 Å². The van der Waals surface area contributed by atoms with Crippen molar-refractivity contribution >= 4 is 5.97 Å². The zero-order valence-electron chi connectivity index (χ0n) is 11.8. The number of carbonyl (C=O) groups excluding carboxylic acids is 1. The van der Waals surface area contributed by atoms with Crippen LogP contribution in [0.3, 0.4) is 0 Å². The summed E-state index contributed by atoms with van der Waals surface area (Å²) in [5, 5.41) is 3.18. The minimum Gasteiger partial charge on any atom is -0.468 e. The molecule has 0 saturated heterocycles. The van der Waals surface area contributed by atoms with Gasteiger partial charge < -0.3 is 14.8 Å². The van der Waals surface area contributed by atoms with Gasteiger partial charge in [0.25, 0.3) is 0 Å². The third kappa shape index (κ3) is 6.64. The van der Waals surface area contributed by atoms with Crippen LogP contribution >= 0.6 is 0 Å². The first-order valence-corrected chi connectivity index (χ1v) is 6.37. The van der Waals surface area contributed by atoms with Crippen LogP contribution in [0.4, 0.5) is 0 Å². The lowest BCUT2D eigenvalue weighted by Gasteiger charge is -2.27. The lowest BCUT2D eigenvalue weighted by atomic mass is 9.96. The molecule has 0 aromatic rings. The molecule has 0 saturated carbocycles. The van der Waals surface area contributed by atoms with Crippen molar-refractivity contribution in [3.05, 3.63) is 0 Å². The molecule has 0 heterocycles. The van der Waals surface area contributed by atoms with Gasteiger partial charge in [-0.25, -0.2) is 0 Å². The Bertz CT molecular complexity index is 219. The van der Waals surface area contributed by atoms with E-state index in [9.17, 15) is 4.79 Å². The Morgan fingerprint density at radius 3 is 2.53 bits per heavy atom. The highest BCUT2D eigenvalue weighted by atomic mass is 16.5. The zero-order chi connectivity index (χ0) is 13.3. The first-order chi connectivity index (χ1) is 7.96. The first-order valence-electron chi connectivity index (χ1n) is 6.37. The highest BCUT2D eigenvalue weighted by Crippen LogP contribution is 2.14. The predicted molar refractivity (Wildman–Crippen MR) is 69.0 cm³/mol. The number of ether oxygens (including phenoxy) is 2. The minimum atomic E-state index is -0.593. The third-order valence-electron chi connectivity index (χ3n) is 2.62. The normalized spacial score (nSPS) is 14.7. The van der Waals surface area contributed by atoms with Gasteiger partial charge in [-0.1, -0.05) is 20.8 Å². The van der Waals surface area contributed by atoms with E-state index in [1.165, 1.54) is 7.11 Å². The Hall–Kier alpha value is -0.610. The Kier molecular flexibility index (Phi) is 8.17. The van der Waals surface area contributed by atoms with Crippen molar-refractivity contribution in [3.8, 4) is 0 Å². The van der Waals surface area contributed by atoms with Crippen LogP contribution in [-0.4, -0.2) is 38.4 Å². The average molecular weight is 245 g/mol. The zero-order valence-corrected chi connectivity index (χ0v) is 11.8. The topological polar surface area (TPSA) is 47.6 Å². The molecule has 4 nitrogen and oxygen atoms in total. The van der Waals surface area contributed by atoms with Gasteiger partial charge in [-0.2, -0.15) is 0 Å². The van der Waals surface area contributed by atoms with Gasteiger partial charge in [0.2, 0.25) is 0 Å². The van der Waals surface area contributed by atoms with E-state index in [4.69, 9.17) is 9.47 Å². The molecule has 0 rings (SSSR count). The maximum Gasteiger partial charge on any atom is 0.325 e. The fourth-order valence-electron chi connectivity index (χ4n) is 1.72. The van der Waals surface area contributed by atoms with Crippen LogP contribution in [0.2, 0.25) is 0 Å². The van der Waals surface area contributed by atoms with Crippen LogP contribution in [0.25, 0.3) is 0 Å². The number of hydrogen-bond donors (Lipinski definition) is 1. The Balaban J connectivity index is 3.97. The molecular weight excluding hydrogens is 218 g/mol. The van der Waals surface area contributed by atoms with Crippen molar-refractivity contribution in [2.75, 3.05) is 26.9 Å². The van der Waals surface area contributed by atoms with Crippen molar-refractivity contribution in [1.82, 2.24) is 5.32 Å². The molecule has 0 spiro atoms.